The van der Waals surface area contributed by atoms with Crippen LogP contribution in [0.25, 0.3) is 10.9 Å². The van der Waals surface area contributed by atoms with Gasteiger partial charge in [0.1, 0.15) is 36.6 Å². The van der Waals surface area contributed by atoms with Gasteiger partial charge in [-0.1, -0.05) is 24.6 Å². The van der Waals surface area contributed by atoms with Crippen molar-refractivity contribution in [2.45, 2.75) is 57.4 Å². The number of amides is 5. The van der Waals surface area contributed by atoms with Gasteiger partial charge in [-0.3, -0.25) is 39.2 Å². The minimum atomic E-state index is -1.06. The van der Waals surface area contributed by atoms with Crippen molar-refractivity contribution < 1.29 is 47.3 Å². The number of ether oxygens (including phenoxy) is 4. The summed E-state index contributed by atoms with van der Waals surface area (Å²) in [6.45, 7) is 3.24. The molecule has 0 radical (unpaired) electrons. The van der Waals surface area contributed by atoms with Gasteiger partial charge in [0.15, 0.2) is 0 Å². The zero-order chi connectivity index (χ0) is 40.8. The molecule has 3 heterocycles. The van der Waals surface area contributed by atoms with E-state index in [-0.39, 0.29) is 92.9 Å². The maximum atomic E-state index is 14.0. The van der Waals surface area contributed by atoms with Crippen LogP contribution < -0.4 is 20.1 Å². The van der Waals surface area contributed by atoms with E-state index in [0.29, 0.717) is 22.4 Å². The molecule has 304 valence electrons. The number of hydrogen-bond acceptors (Lipinski definition) is 10. The first kappa shape index (κ1) is 40.7. The van der Waals surface area contributed by atoms with Crippen molar-refractivity contribution in [1.29, 1.82) is 0 Å². The topological polar surface area (TPSA) is 162 Å². The number of aromatic nitrogens is 1. The van der Waals surface area contributed by atoms with Gasteiger partial charge < -0.3 is 24.3 Å². The SMILES string of the molecule is C[C@@H](C(=O)Nc1ccc(Cl)c(OCCOCCOCCOc2cccc3c2C(=O)N(C2CCC(=O)NC2=O)C3=O)c1)C1CCC(c2ccnc3ccc(F)cc23)CC1. The normalized spacial score (nSPS) is 19.8. The van der Waals surface area contributed by atoms with E-state index < -0.39 is 29.7 Å². The standard InChI is InChI=1S/C43H44ClFN4O9/c1-25(26-5-7-27(8-6-26)30-15-16-46-34-12-9-28(45)23-32(30)34)40(51)47-29-10-11-33(44)37(24-29)58-22-20-56-18-17-55-19-21-57-36-4-2-3-31-39(36)43(54)49(42(31)53)35-13-14-38(50)48-41(35)52/h2-4,9-12,15-16,23-27,35H,5-8,13-14,17-22H2,1H3,(H,47,51)(H,48,50,52)/t25-,26?,27?,35?/m1/s1. The van der Waals surface area contributed by atoms with Crippen molar-refractivity contribution in [3.8, 4) is 11.5 Å². The second-order valence-electron chi connectivity index (χ2n) is 14.6. The van der Waals surface area contributed by atoms with E-state index in [2.05, 4.69) is 15.6 Å². The van der Waals surface area contributed by atoms with Crippen LogP contribution in [0.1, 0.15) is 77.6 Å². The molecule has 3 aromatic carbocycles. The number of fused-ring (bicyclic) bond motifs is 2. The molecule has 7 rings (SSSR count). The summed E-state index contributed by atoms with van der Waals surface area (Å²) in [6, 6.07) is 15.4. The first-order valence-electron chi connectivity index (χ1n) is 19.5. The van der Waals surface area contributed by atoms with Crippen molar-refractivity contribution in [1.82, 2.24) is 15.2 Å². The van der Waals surface area contributed by atoms with Crippen LogP contribution >= 0.6 is 11.6 Å². The predicted octanol–water partition coefficient (Wildman–Crippen LogP) is 6.47. The average molecular weight is 815 g/mol. The summed E-state index contributed by atoms with van der Waals surface area (Å²) in [5.41, 5.74) is 2.70. The molecule has 4 aromatic rings. The third-order valence-corrected chi connectivity index (χ3v) is 11.4. The summed E-state index contributed by atoms with van der Waals surface area (Å²) in [7, 11) is 0. The minimum Gasteiger partial charge on any atom is -0.490 e. The Bertz CT molecular complexity index is 2210. The monoisotopic (exact) mass is 814 g/mol. The number of hydrogen-bond donors (Lipinski definition) is 2. The van der Waals surface area contributed by atoms with Gasteiger partial charge in [-0.05, 0) is 98.0 Å². The Morgan fingerprint density at radius 3 is 2.34 bits per heavy atom. The van der Waals surface area contributed by atoms with Gasteiger partial charge in [0.05, 0.1) is 48.1 Å². The lowest BCUT2D eigenvalue weighted by Gasteiger charge is -2.32. The maximum Gasteiger partial charge on any atom is 0.266 e. The molecule has 2 N–H and O–H groups in total. The fourth-order valence-electron chi connectivity index (χ4n) is 7.94. The predicted molar refractivity (Wildman–Crippen MR) is 211 cm³/mol. The number of nitrogens with one attached hydrogen (secondary N) is 2. The van der Waals surface area contributed by atoms with E-state index in [1.165, 1.54) is 12.1 Å². The van der Waals surface area contributed by atoms with Crippen LogP contribution in [-0.4, -0.2) is 85.1 Å². The highest BCUT2D eigenvalue weighted by Gasteiger charge is 2.46. The molecule has 3 aliphatic rings. The smallest absolute Gasteiger partial charge is 0.266 e. The molecule has 58 heavy (non-hydrogen) atoms. The summed E-state index contributed by atoms with van der Waals surface area (Å²) >= 11 is 6.38. The molecule has 13 nitrogen and oxygen atoms in total. The number of nitrogens with zero attached hydrogens (tertiary/aromatic N) is 2. The van der Waals surface area contributed by atoms with Crippen LogP contribution in [0.5, 0.6) is 11.5 Å². The second-order valence-corrected chi connectivity index (χ2v) is 15.1. The molecule has 0 spiro atoms. The van der Waals surface area contributed by atoms with Crippen LogP contribution in [0.2, 0.25) is 5.02 Å². The molecule has 1 saturated carbocycles. The summed E-state index contributed by atoms with van der Waals surface area (Å²) in [4.78, 5) is 68.7. The molecular weight excluding hydrogens is 771 g/mol. The summed E-state index contributed by atoms with van der Waals surface area (Å²) in [5, 5.41) is 6.45. The Morgan fingerprint density at radius 1 is 0.879 bits per heavy atom. The Kier molecular flexibility index (Phi) is 12.9. The molecule has 15 heteroatoms. The molecule has 1 aliphatic carbocycles. The Labute approximate surface area is 339 Å². The van der Waals surface area contributed by atoms with Crippen molar-refractivity contribution in [3.05, 3.63) is 94.4 Å². The number of imide groups is 2. The summed E-state index contributed by atoms with van der Waals surface area (Å²) in [5.74, 6) is -1.79. The number of rotatable bonds is 16. The van der Waals surface area contributed by atoms with Gasteiger partial charge in [-0.2, -0.15) is 0 Å². The number of carbonyl (C=O) groups excluding carboxylic acids is 5. The third kappa shape index (κ3) is 9.14. The fraction of sp³-hybridized carbons (Fsp3) is 0.395. The zero-order valence-electron chi connectivity index (χ0n) is 32.0. The molecule has 2 atom stereocenters. The lowest BCUT2D eigenvalue weighted by atomic mass is 9.73. The van der Waals surface area contributed by atoms with Gasteiger partial charge >= 0.3 is 0 Å². The first-order valence-corrected chi connectivity index (χ1v) is 19.9. The van der Waals surface area contributed by atoms with Crippen LogP contribution in [0.15, 0.2) is 66.9 Å². The van der Waals surface area contributed by atoms with Gasteiger partial charge in [-0.25, -0.2) is 4.39 Å². The van der Waals surface area contributed by atoms with Gasteiger partial charge in [0, 0.05) is 35.7 Å². The largest absolute Gasteiger partial charge is 0.490 e. The summed E-state index contributed by atoms with van der Waals surface area (Å²) in [6.07, 6.45) is 5.49. The van der Waals surface area contributed by atoms with E-state index >= 15 is 0 Å². The van der Waals surface area contributed by atoms with Crippen molar-refractivity contribution >= 4 is 57.7 Å². The Balaban J connectivity index is 0.788. The van der Waals surface area contributed by atoms with Crippen LogP contribution in [0.4, 0.5) is 10.1 Å². The maximum absolute atomic E-state index is 14.0. The number of pyridine rings is 1. The highest BCUT2D eigenvalue weighted by molar-refractivity contribution is 6.32. The number of anilines is 1. The lowest BCUT2D eigenvalue weighted by Crippen LogP contribution is -2.54. The van der Waals surface area contributed by atoms with Gasteiger partial charge in [-0.15, -0.1) is 0 Å². The van der Waals surface area contributed by atoms with Gasteiger partial charge in [0.2, 0.25) is 17.7 Å². The zero-order valence-corrected chi connectivity index (χ0v) is 32.7. The number of piperidine rings is 1. The quantitative estimate of drug-likeness (QED) is 0.0948. The number of halogens is 2. The van der Waals surface area contributed by atoms with E-state index in [0.717, 1.165) is 47.0 Å². The second kappa shape index (κ2) is 18.4. The van der Waals surface area contributed by atoms with Crippen LogP contribution in [-0.2, 0) is 23.9 Å². The van der Waals surface area contributed by atoms with E-state index in [1.54, 1.807) is 48.7 Å². The van der Waals surface area contributed by atoms with E-state index in [4.69, 9.17) is 30.5 Å². The lowest BCUT2D eigenvalue weighted by molar-refractivity contribution is -0.136. The number of benzene rings is 3. The van der Waals surface area contributed by atoms with Gasteiger partial charge in [0.25, 0.3) is 11.8 Å². The highest BCUT2D eigenvalue weighted by Crippen LogP contribution is 2.41. The van der Waals surface area contributed by atoms with Crippen LogP contribution in [0.3, 0.4) is 0 Å². The molecule has 1 unspecified atom stereocenters. The molecule has 0 bridgehead atoms. The Hall–Kier alpha value is -5.44. The summed E-state index contributed by atoms with van der Waals surface area (Å²) < 4.78 is 36.9. The van der Waals surface area contributed by atoms with E-state index in [1.807, 2.05) is 13.0 Å². The molecule has 1 saturated heterocycles. The minimum absolute atomic E-state index is 0.0346. The van der Waals surface area contributed by atoms with Crippen molar-refractivity contribution in [3.63, 3.8) is 0 Å². The van der Waals surface area contributed by atoms with Crippen molar-refractivity contribution in [2.24, 2.45) is 11.8 Å². The third-order valence-electron chi connectivity index (χ3n) is 11.0. The molecular formula is C43H44ClFN4O9. The molecule has 1 aromatic heterocycles. The van der Waals surface area contributed by atoms with E-state index in [9.17, 15) is 28.4 Å². The number of carbonyl (C=O) groups is 5. The van der Waals surface area contributed by atoms with Crippen LogP contribution in [0, 0.1) is 17.7 Å². The fourth-order valence-corrected chi connectivity index (χ4v) is 8.11. The average Bonchev–Trinajstić information content (AvgIpc) is 3.48. The highest BCUT2D eigenvalue weighted by atomic mass is 35.5. The Morgan fingerprint density at radius 2 is 1.60 bits per heavy atom. The molecule has 5 amide bonds. The van der Waals surface area contributed by atoms with Crippen molar-refractivity contribution in [2.75, 3.05) is 45.0 Å². The molecule has 2 aliphatic heterocycles. The molecule has 2 fully saturated rings. The first-order chi connectivity index (χ1) is 28.1.